The van der Waals surface area contributed by atoms with E-state index in [1.165, 1.54) is 28.4 Å². The second kappa shape index (κ2) is 8.86. The largest absolute Gasteiger partial charge is 0.480 e. The molecule has 32 heavy (non-hydrogen) atoms. The molecule has 0 aliphatic rings. The molecule has 0 heterocycles. The van der Waals surface area contributed by atoms with Crippen LogP contribution in [0.5, 0.6) is 11.5 Å². The summed E-state index contributed by atoms with van der Waals surface area (Å²) >= 11 is 0. The Labute approximate surface area is 178 Å². The van der Waals surface area contributed by atoms with Crippen molar-refractivity contribution in [3.05, 3.63) is 57.2 Å². The first-order valence-electron chi connectivity index (χ1n) is 8.47. The van der Waals surface area contributed by atoms with Gasteiger partial charge >= 0.3 is 5.51 Å². The van der Waals surface area contributed by atoms with E-state index in [1.807, 2.05) is 13.8 Å². The Bertz CT molecular complexity index is 1200. The Balaban J connectivity index is 2.52. The zero-order valence-electron chi connectivity index (χ0n) is 16.0. The van der Waals surface area contributed by atoms with Gasteiger partial charge in [-0.05, 0) is 30.0 Å². The molecule has 0 spiro atoms. The third-order valence-electron chi connectivity index (χ3n) is 4.21. The van der Waals surface area contributed by atoms with E-state index in [2.05, 4.69) is 0 Å². The maximum atomic E-state index is 14.3. The van der Waals surface area contributed by atoms with Gasteiger partial charge in [0.05, 0.1) is 0 Å². The van der Waals surface area contributed by atoms with Crippen LogP contribution in [0.25, 0.3) is 4.13 Å². The summed E-state index contributed by atoms with van der Waals surface area (Å²) in [7, 11) is -13.2. The topological polar surface area (TPSA) is 91.6 Å². The normalized spacial score (nSPS) is 13.8. The Morgan fingerprint density at radius 2 is 1.38 bits per heavy atom. The van der Waals surface area contributed by atoms with Crippen molar-refractivity contribution in [2.45, 2.75) is 36.6 Å². The molecule has 1 atom stereocenters. The molecule has 178 valence electrons. The van der Waals surface area contributed by atoms with Crippen LogP contribution in [0.15, 0.2) is 29.2 Å². The molecule has 0 saturated carbocycles. The molecule has 0 saturated heterocycles. The number of hydrogen-bond acceptors (Lipinski definition) is 5. The lowest BCUT2D eigenvalue weighted by atomic mass is 9.99. The average Bonchev–Trinajstić information content (AvgIpc) is 2.67. The summed E-state index contributed by atoms with van der Waals surface area (Å²) < 4.78 is 145. The summed E-state index contributed by atoms with van der Waals surface area (Å²) in [6.07, 6.45) is 0.755. The zero-order chi connectivity index (χ0) is 24.6. The zero-order valence-corrected chi connectivity index (χ0v) is 17.7. The maximum absolute atomic E-state index is 14.3. The number of ether oxygens (including phenoxy) is 1. The monoisotopic (exact) mass is 508 g/mol. The van der Waals surface area contributed by atoms with Gasteiger partial charge in [0, 0.05) is 0 Å². The smallest absolute Gasteiger partial charge is 0.451 e. The minimum atomic E-state index is -6.81. The molecule has 6 nitrogen and oxygen atoms in total. The summed E-state index contributed by atoms with van der Waals surface area (Å²) in [6.45, 7) is 3.77. The van der Waals surface area contributed by atoms with Crippen molar-refractivity contribution in [1.82, 2.24) is 0 Å². The first-order chi connectivity index (χ1) is 14.5. The Morgan fingerprint density at radius 1 is 0.906 bits per heavy atom. The fourth-order valence-corrected chi connectivity index (χ4v) is 4.64. The highest BCUT2D eigenvalue weighted by atomic mass is 32.3. The van der Waals surface area contributed by atoms with E-state index >= 15 is 0 Å². The molecular weight excluding hydrogens is 495 g/mol. The van der Waals surface area contributed by atoms with Crippen molar-refractivity contribution in [1.29, 1.82) is 0 Å². The number of halogens is 7. The fourth-order valence-electron chi connectivity index (χ4n) is 2.33. The summed E-state index contributed by atoms with van der Waals surface area (Å²) in [5.74, 6) is -12.3. The second-order valence-electron chi connectivity index (χ2n) is 6.36. The summed E-state index contributed by atoms with van der Waals surface area (Å²) in [4.78, 5) is -2.67. The molecule has 2 aromatic carbocycles. The van der Waals surface area contributed by atoms with Crippen LogP contribution in [0.4, 0.5) is 30.7 Å². The lowest BCUT2D eigenvalue weighted by Crippen LogP contribution is -2.25. The molecular formula is C17H13F7NO5S2-. The Kier molecular flexibility index (Phi) is 7.16. The van der Waals surface area contributed by atoms with E-state index < -0.39 is 59.5 Å². The minimum absolute atomic E-state index is 0.105. The average molecular weight is 508 g/mol. The number of alkyl halides is 3. The van der Waals surface area contributed by atoms with E-state index in [9.17, 15) is 47.6 Å². The number of rotatable bonds is 7. The van der Waals surface area contributed by atoms with Gasteiger partial charge in [0.2, 0.25) is 17.4 Å². The molecule has 0 radical (unpaired) electrons. The van der Waals surface area contributed by atoms with Gasteiger partial charge in [-0.1, -0.05) is 26.0 Å². The summed E-state index contributed by atoms with van der Waals surface area (Å²) in [5, 5.41) is 0. The van der Waals surface area contributed by atoms with Gasteiger partial charge in [-0.25, -0.2) is 25.6 Å². The van der Waals surface area contributed by atoms with Crippen molar-refractivity contribution in [2.75, 3.05) is 0 Å². The van der Waals surface area contributed by atoms with Crippen LogP contribution in [0.2, 0.25) is 0 Å². The van der Waals surface area contributed by atoms with Crippen LogP contribution < -0.4 is 4.74 Å². The lowest BCUT2D eigenvalue weighted by Gasteiger charge is -2.23. The standard InChI is InChI=1S/C17H13F7NO5S2/c1-3-8(2)9-4-6-10(7-5-9)30-15-11(18)13(20)16(14(21)12(15)19)31(26,27)25-32(28,29)17(22,23)24/h4-8H,3H2,1-2H3/q-1. The van der Waals surface area contributed by atoms with Gasteiger partial charge in [0.15, 0.2) is 21.7 Å². The second-order valence-corrected chi connectivity index (χ2v) is 9.73. The first-order valence-corrected chi connectivity index (χ1v) is 11.4. The van der Waals surface area contributed by atoms with Gasteiger partial charge in [-0.15, -0.1) is 0 Å². The van der Waals surface area contributed by atoms with Gasteiger partial charge in [0.25, 0.3) is 0 Å². The third kappa shape index (κ3) is 4.99. The molecule has 0 N–H and O–H groups in total. The van der Waals surface area contributed by atoms with Crippen molar-refractivity contribution >= 4 is 20.0 Å². The maximum Gasteiger partial charge on any atom is 0.480 e. The molecule has 0 aromatic heterocycles. The van der Waals surface area contributed by atoms with E-state index in [-0.39, 0.29) is 11.7 Å². The van der Waals surface area contributed by atoms with Crippen LogP contribution in [-0.2, 0) is 20.0 Å². The molecule has 2 aromatic rings. The summed E-state index contributed by atoms with van der Waals surface area (Å²) in [6, 6.07) is 5.38. The number of nitrogens with zero attached hydrogens (tertiary/aromatic N) is 1. The first kappa shape index (κ1) is 25.9. The number of sulfonamides is 2. The Hall–Kier alpha value is -2.39. The quantitative estimate of drug-likeness (QED) is 0.366. The fraction of sp³-hybridized carbons (Fsp3) is 0.294. The molecule has 15 heteroatoms. The number of hydrogen-bond donors (Lipinski definition) is 0. The van der Waals surface area contributed by atoms with Crippen LogP contribution >= 0.6 is 0 Å². The van der Waals surface area contributed by atoms with E-state index in [4.69, 9.17) is 4.74 Å². The molecule has 0 amide bonds. The molecule has 0 bridgehead atoms. The Morgan fingerprint density at radius 3 is 1.78 bits per heavy atom. The summed E-state index contributed by atoms with van der Waals surface area (Å²) in [5.41, 5.74) is -5.46. The van der Waals surface area contributed by atoms with Crippen molar-refractivity contribution in [3.8, 4) is 11.5 Å². The highest BCUT2D eigenvalue weighted by molar-refractivity contribution is 8.12. The van der Waals surface area contributed by atoms with Crippen LogP contribution in [0.3, 0.4) is 0 Å². The van der Waals surface area contributed by atoms with E-state index in [0.717, 1.165) is 12.0 Å². The molecule has 0 aliphatic heterocycles. The molecule has 0 aliphatic carbocycles. The van der Waals surface area contributed by atoms with E-state index in [0.29, 0.717) is 0 Å². The van der Waals surface area contributed by atoms with Gasteiger partial charge < -0.3 is 8.86 Å². The van der Waals surface area contributed by atoms with Crippen molar-refractivity contribution < 1.29 is 52.3 Å². The van der Waals surface area contributed by atoms with Crippen LogP contribution in [0.1, 0.15) is 31.7 Å². The minimum Gasteiger partial charge on any atom is -0.451 e. The number of benzene rings is 2. The molecule has 2 rings (SSSR count). The highest BCUT2D eigenvalue weighted by Gasteiger charge is 2.42. The lowest BCUT2D eigenvalue weighted by molar-refractivity contribution is -0.0425. The van der Waals surface area contributed by atoms with E-state index in [1.54, 1.807) is 0 Å². The van der Waals surface area contributed by atoms with Crippen LogP contribution in [0, 0.1) is 23.3 Å². The van der Waals surface area contributed by atoms with Crippen molar-refractivity contribution in [2.24, 2.45) is 0 Å². The predicted octanol–water partition coefficient (Wildman–Crippen LogP) is 5.46. The van der Waals surface area contributed by atoms with Crippen LogP contribution in [-0.4, -0.2) is 22.3 Å². The van der Waals surface area contributed by atoms with Gasteiger partial charge in [-0.3, -0.25) is 0 Å². The van der Waals surface area contributed by atoms with Gasteiger partial charge in [-0.2, -0.15) is 22.0 Å². The van der Waals surface area contributed by atoms with Crippen molar-refractivity contribution in [3.63, 3.8) is 0 Å². The molecule has 1 unspecified atom stereocenters. The highest BCUT2D eigenvalue weighted by Crippen LogP contribution is 2.39. The van der Waals surface area contributed by atoms with Gasteiger partial charge in [0.1, 0.15) is 20.7 Å². The third-order valence-corrected chi connectivity index (χ3v) is 7.24. The SMILES string of the molecule is CCC(C)c1ccc(Oc2c(F)c(F)c(S(=O)(=O)[N-]S(=O)(=O)C(F)(F)F)c(F)c2F)cc1. The predicted molar refractivity (Wildman–Crippen MR) is 97.0 cm³/mol. The molecule has 0 fully saturated rings.